The van der Waals surface area contributed by atoms with Crippen LogP contribution in [0.5, 0.6) is 0 Å². The second-order valence-electron chi connectivity index (χ2n) is 5.20. The average molecular weight is 248 g/mol. The van der Waals surface area contributed by atoms with Gasteiger partial charge in [0.1, 0.15) is 0 Å². The van der Waals surface area contributed by atoms with E-state index in [0.717, 1.165) is 19.3 Å². The first kappa shape index (κ1) is 13.8. The van der Waals surface area contributed by atoms with Gasteiger partial charge in [-0.3, -0.25) is 4.79 Å². The lowest BCUT2D eigenvalue weighted by molar-refractivity contribution is -0.125. The molecule has 2 N–H and O–H groups in total. The van der Waals surface area contributed by atoms with Gasteiger partial charge in [-0.2, -0.15) is 0 Å². The summed E-state index contributed by atoms with van der Waals surface area (Å²) in [5, 5.41) is 13.1. The van der Waals surface area contributed by atoms with Gasteiger partial charge in [-0.1, -0.05) is 26.7 Å². The van der Waals surface area contributed by atoms with Crippen molar-refractivity contribution in [1.29, 1.82) is 0 Å². The molecular weight excluding hydrogens is 226 g/mol. The normalized spacial score (nSPS) is 32.1. The van der Waals surface area contributed by atoms with Gasteiger partial charge in [0.2, 0.25) is 5.91 Å². The molecule has 1 amide bonds. The van der Waals surface area contributed by atoms with Crippen LogP contribution in [0.2, 0.25) is 0 Å². The molecule has 1 rings (SSSR count). The number of halogens is 1. The predicted molar refractivity (Wildman–Crippen MR) is 65.5 cm³/mol. The van der Waals surface area contributed by atoms with Crippen molar-refractivity contribution in [1.82, 2.24) is 5.32 Å². The van der Waals surface area contributed by atoms with Crippen LogP contribution in [0.1, 0.15) is 39.5 Å². The lowest BCUT2D eigenvalue weighted by atomic mass is 9.79. The third-order valence-electron chi connectivity index (χ3n) is 3.34. The zero-order valence-corrected chi connectivity index (χ0v) is 10.9. The molecule has 0 aromatic carbocycles. The Morgan fingerprint density at radius 1 is 1.69 bits per heavy atom. The lowest BCUT2D eigenvalue weighted by Gasteiger charge is -2.35. The summed E-state index contributed by atoms with van der Waals surface area (Å²) in [5.41, 5.74) is -0.709. The van der Waals surface area contributed by atoms with E-state index in [1.165, 1.54) is 6.42 Å². The fraction of sp³-hybridized carbons (Fsp3) is 0.917. The monoisotopic (exact) mass is 247 g/mol. The zero-order valence-electron chi connectivity index (χ0n) is 10.1. The molecule has 0 radical (unpaired) electrons. The van der Waals surface area contributed by atoms with Crippen LogP contribution < -0.4 is 5.32 Å². The highest BCUT2D eigenvalue weighted by Crippen LogP contribution is 2.31. The highest BCUT2D eigenvalue weighted by atomic mass is 35.5. The molecule has 4 heteroatoms. The predicted octanol–water partition coefficient (Wildman–Crippen LogP) is 1.92. The second-order valence-corrected chi connectivity index (χ2v) is 5.51. The van der Waals surface area contributed by atoms with Gasteiger partial charge in [-0.15, -0.1) is 11.6 Å². The molecular formula is C12H22ClNO2. The maximum atomic E-state index is 11.5. The Morgan fingerprint density at radius 2 is 2.38 bits per heavy atom. The fourth-order valence-corrected chi connectivity index (χ4v) is 2.43. The Morgan fingerprint density at radius 3 is 2.94 bits per heavy atom. The molecule has 16 heavy (non-hydrogen) atoms. The molecule has 1 aliphatic carbocycles. The van der Waals surface area contributed by atoms with Crippen molar-refractivity contribution in [3.63, 3.8) is 0 Å². The third kappa shape index (κ3) is 3.95. The first-order valence-corrected chi connectivity index (χ1v) is 6.56. The minimum Gasteiger partial charge on any atom is -0.388 e. The molecule has 3 nitrogen and oxygen atoms in total. The average Bonchev–Trinajstić information content (AvgIpc) is 2.24. The number of alkyl halides is 1. The highest BCUT2D eigenvalue weighted by molar-refractivity contribution is 6.19. The fourth-order valence-electron chi connectivity index (χ4n) is 2.29. The summed E-state index contributed by atoms with van der Waals surface area (Å²) in [6.07, 6.45) is 3.78. The van der Waals surface area contributed by atoms with E-state index >= 15 is 0 Å². The first-order valence-electron chi connectivity index (χ1n) is 6.03. The Kier molecular flexibility index (Phi) is 5.06. The van der Waals surface area contributed by atoms with Gasteiger partial charge < -0.3 is 10.4 Å². The number of nitrogens with one attached hydrogen (secondary N) is 1. The van der Waals surface area contributed by atoms with E-state index in [-0.39, 0.29) is 11.8 Å². The number of hydrogen-bond donors (Lipinski definition) is 2. The number of rotatable bonds is 4. The van der Waals surface area contributed by atoms with Crippen LogP contribution in [-0.2, 0) is 4.79 Å². The Labute approximate surface area is 103 Å². The molecule has 3 unspecified atom stereocenters. The summed E-state index contributed by atoms with van der Waals surface area (Å²) in [6, 6.07) is 0. The summed E-state index contributed by atoms with van der Waals surface area (Å²) >= 11 is 5.60. The quantitative estimate of drug-likeness (QED) is 0.746. The molecule has 0 bridgehead atoms. The number of carbonyl (C=O) groups is 1. The van der Waals surface area contributed by atoms with Crippen molar-refractivity contribution in [2.24, 2.45) is 11.8 Å². The minimum atomic E-state index is -0.709. The van der Waals surface area contributed by atoms with Gasteiger partial charge in [0.15, 0.2) is 0 Å². The second kappa shape index (κ2) is 5.87. The van der Waals surface area contributed by atoms with Crippen LogP contribution in [0, 0.1) is 11.8 Å². The standard InChI is InChI=1S/C12H22ClNO2/c1-9-4-3-5-12(16,6-9)8-14-11(15)10(2)7-13/h9-10,16H,3-8H2,1-2H3,(H,14,15). The SMILES string of the molecule is CC1CCCC(O)(CNC(=O)C(C)CCl)C1. The van der Waals surface area contributed by atoms with Gasteiger partial charge in [0.05, 0.1) is 5.60 Å². The number of carbonyl (C=O) groups excluding carboxylic acids is 1. The summed E-state index contributed by atoms with van der Waals surface area (Å²) < 4.78 is 0. The topological polar surface area (TPSA) is 49.3 Å². The van der Waals surface area contributed by atoms with Crippen molar-refractivity contribution < 1.29 is 9.90 Å². The van der Waals surface area contributed by atoms with Gasteiger partial charge in [-0.05, 0) is 18.8 Å². The van der Waals surface area contributed by atoms with Crippen LogP contribution in [0.25, 0.3) is 0 Å². The number of amides is 1. The van der Waals surface area contributed by atoms with Crippen molar-refractivity contribution in [3.8, 4) is 0 Å². The van der Waals surface area contributed by atoms with Crippen LogP contribution in [0.4, 0.5) is 0 Å². The molecule has 94 valence electrons. The maximum absolute atomic E-state index is 11.5. The van der Waals surface area contributed by atoms with Crippen molar-refractivity contribution in [2.45, 2.75) is 45.1 Å². The summed E-state index contributed by atoms with van der Waals surface area (Å²) in [7, 11) is 0. The van der Waals surface area contributed by atoms with E-state index in [1.807, 2.05) is 0 Å². The van der Waals surface area contributed by atoms with Crippen molar-refractivity contribution in [2.75, 3.05) is 12.4 Å². The number of hydrogen-bond acceptors (Lipinski definition) is 2. The molecule has 1 saturated carbocycles. The van der Waals surface area contributed by atoms with Crippen molar-refractivity contribution in [3.05, 3.63) is 0 Å². The zero-order chi connectivity index (χ0) is 12.2. The van der Waals surface area contributed by atoms with E-state index in [2.05, 4.69) is 12.2 Å². The molecule has 0 aromatic rings. The first-order chi connectivity index (χ1) is 7.47. The van der Waals surface area contributed by atoms with E-state index in [9.17, 15) is 9.90 Å². The molecule has 0 heterocycles. The van der Waals surface area contributed by atoms with E-state index in [1.54, 1.807) is 6.92 Å². The molecule has 3 atom stereocenters. The number of aliphatic hydroxyl groups is 1. The van der Waals surface area contributed by atoms with Gasteiger partial charge in [0.25, 0.3) is 0 Å². The van der Waals surface area contributed by atoms with Gasteiger partial charge in [0, 0.05) is 18.3 Å². The van der Waals surface area contributed by atoms with Crippen LogP contribution in [0.15, 0.2) is 0 Å². The lowest BCUT2D eigenvalue weighted by Crippen LogP contribution is -2.47. The summed E-state index contributed by atoms with van der Waals surface area (Å²) in [6.45, 7) is 4.29. The highest BCUT2D eigenvalue weighted by Gasteiger charge is 2.33. The summed E-state index contributed by atoms with van der Waals surface area (Å²) in [4.78, 5) is 11.5. The Hall–Kier alpha value is -0.280. The molecule has 0 aromatic heterocycles. The van der Waals surface area contributed by atoms with Gasteiger partial charge in [-0.25, -0.2) is 0 Å². The maximum Gasteiger partial charge on any atom is 0.224 e. The smallest absolute Gasteiger partial charge is 0.224 e. The molecule has 1 fully saturated rings. The summed E-state index contributed by atoms with van der Waals surface area (Å²) in [5.74, 6) is 0.606. The third-order valence-corrected chi connectivity index (χ3v) is 3.80. The Bertz CT molecular complexity index is 247. The molecule has 0 spiro atoms. The molecule has 0 aliphatic heterocycles. The Balaban J connectivity index is 2.38. The van der Waals surface area contributed by atoms with Crippen LogP contribution >= 0.6 is 11.6 Å². The molecule has 1 aliphatic rings. The van der Waals surface area contributed by atoms with Crippen LogP contribution in [-0.4, -0.2) is 29.0 Å². The largest absolute Gasteiger partial charge is 0.388 e. The van der Waals surface area contributed by atoms with Crippen LogP contribution in [0.3, 0.4) is 0 Å². The van der Waals surface area contributed by atoms with Gasteiger partial charge >= 0.3 is 0 Å². The van der Waals surface area contributed by atoms with Crippen molar-refractivity contribution >= 4 is 17.5 Å². The van der Waals surface area contributed by atoms with E-state index in [4.69, 9.17) is 11.6 Å². The minimum absolute atomic E-state index is 0.0679. The van der Waals surface area contributed by atoms with E-state index < -0.39 is 5.60 Å². The van der Waals surface area contributed by atoms with E-state index in [0.29, 0.717) is 18.3 Å². The molecule has 0 saturated heterocycles.